The Morgan fingerprint density at radius 1 is 1.32 bits per heavy atom. The van der Waals surface area contributed by atoms with Crippen LogP contribution in [0, 0.1) is 5.92 Å². The van der Waals surface area contributed by atoms with Gasteiger partial charge < -0.3 is 5.32 Å². The lowest BCUT2D eigenvalue weighted by Gasteiger charge is -2.23. The smallest absolute Gasteiger partial charge is 0.243 e. The number of hydrogen-bond acceptors (Lipinski definition) is 4. The van der Waals surface area contributed by atoms with Crippen molar-refractivity contribution in [2.24, 2.45) is 5.92 Å². The zero-order valence-corrected chi connectivity index (χ0v) is 14.7. The Morgan fingerprint density at radius 3 is 2.77 bits per heavy atom. The van der Waals surface area contributed by atoms with Gasteiger partial charge in [0.25, 0.3) is 0 Å². The van der Waals surface area contributed by atoms with Crippen LogP contribution in [0.2, 0.25) is 0 Å². The second-order valence-electron chi connectivity index (χ2n) is 6.14. The Morgan fingerprint density at radius 2 is 2.05 bits per heavy atom. The molecule has 3 rings (SSSR count). The average molecular weight is 337 g/mol. The topological polar surface area (TPSA) is 32.3 Å². The highest BCUT2D eigenvalue weighted by molar-refractivity contribution is 8.21. The van der Waals surface area contributed by atoms with Crippen molar-refractivity contribution in [3.63, 3.8) is 0 Å². The first-order valence-corrected chi connectivity index (χ1v) is 10.1. The van der Waals surface area contributed by atoms with Crippen molar-refractivity contribution in [3.05, 3.63) is 35.9 Å². The van der Waals surface area contributed by atoms with Crippen molar-refractivity contribution in [2.75, 3.05) is 24.6 Å². The van der Waals surface area contributed by atoms with Crippen LogP contribution in [0.25, 0.3) is 0 Å². The average Bonchev–Trinajstić information content (AvgIpc) is 3.19. The van der Waals surface area contributed by atoms with Gasteiger partial charge in [0.1, 0.15) is 4.58 Å². The van der Waals surface area contributed by atoms with Gasteiger partial charge in [-0.2, -0.15) is 0 Å². The van der Waals surface area contributed by atoms with Gasteiger partial charge in [-0.1, -0.05) is 30.3 Å². The van der Waals surface area contributed by atoms with E-state index in [9.17, 15) is 4.79 Å². The fourth-order valence-electron chi connectivity index (χ4n) is 3.18. The lowest BCUT2D eigenvalue weighted by molar-refractivity contribution is -0.120. The number of thioether (sulfide) groups is 2. The summed E-state index contributed by atoms with van der Waals surface area (Å²) in [6.45, 7) is 5.40. The molecule has 0 aliphatic carbocycles. The third kappa shape index (κ3) is 4.21. The first-order valence-electron chi connectivity index (χ1n) is 8.02. The van der Waals surface area contributed by atoms with E-state index >= 15 is 0 Å². The lowest BCUT2D eigenvalue weighted by atomic mass is 10.0. The van der Waals surface area contributed by atoms with Gasteiger partial charge in [-0.25, -0.2) is 0 Å². The van der Waals surface area contributed by atoms with Gasteiger partial charge in [0.2, 0.25) is 5.91 Å². The largest absolute Gasteiger partial charge is 0.352 e. The van der Waals surface area contributed by atoms with Crippen LogP contribution in [-0.2, 0) is 11.3 Å². The van der Waals surface area contributed by atoms with Crippen molar-refractivity contribution in [3.8, 4) is 0 Å². The van der Waals surface area contributed by atoms with E-state index in [0.29, 0.717) is 5.92 Å². The Bertz CT molecular complexity index is 491. The van der Waals surface area contributed by atoms with Crippen LogP contribution in [-0.4, -0.2) is 46.0 Å². The van der Waals surface area contributed by atoms with Crippen molar-refractivity contribution < 1.29 is 4.79 Å². The maximum atomic E-state index is 12.2. The molecule has 0 spiro atoms. The maximum absolute atomic E-state index is 12.2. The van der Waals surface area contributed by atoms with Gasteiger partial charge in [-0.3, -0.25) is 9.69 Å². The number of hydrogen-bond donors (Lipinski definition) is 1. The second-order valence-corrected chi connectivity index (χ2v) is 8.86. The van der Waals surface area contributed by atoms with Crippen LogP contribution >= 0.6 is 23.5 Å². The Balaban J connectivity index is 1.46. The molecule has 0 aromatic heterocycles. The number of nitrogens with zero attached hydrogens (tertiary/aromatic N) is 1. The zero-order chi connectivity index (χ0) is 15.4. The Hall–Kier alpha value is -0.650. The molecule has 2 aliphatic heterocycles. The van der Waals surface area contributed by atoms with Crippen LogP contribution in [0.4, 0.5) is 0 Å². The number of amides is 1. The number of nitrogens with one attached hydrogen (secondary N) is 1. The SMILES string of the molecule is C[C@H](NC(=O)C1SCCS1)[C@@H]1CCN(Cc2ccccc2)C1. The summed E-state index contributed by atoms with van der Waals surface area (Å²) in [5, 5.41) is 3.24. The minimum absolute atomic E-state index is 0.115. The highest BCUT2D eigenvalue weighted by Crippen LogP contribution is 2.32. The quantitative estimate of drug-likeness (QED) is 0.896. The normalized spacial score (nSPS) is 24.5. The van der Waals surface area contributed by atoms with Crippen LogP contribution in [0.3, 0.4) is 0 Å². The summed E-state index contributed by atoms with van der Waals surface area (Å²) in [5.74, 6) is 3.00. The van der Waals surface area contributed by atoms with E-state index in [-0.39, 0.29) is 16.5 Å². The number of benzene rings is 1. The lowest BCUT2D eigenvalue weighted by Crippen LogP contribution is -2.42. The molecule has 1 aromatic carbocycles. The summed E-state index contributed by atoms with van der Waals surface area (Å²) < 4.78 is 0.115. The predicted octanol–water partition coefficient (Wildman–Crippen LogP) is 2.82. The standard InChI is InChI=1S/C17H24N2OS2/c1-13(18-16(20)17-21-9-10-22-17)15-7-8-19(12-15)11-14-5-3-2-4-6-14/h2-6,13,15,17H,7-12H2,1H3,(H,18,20)/t13-,15+/m0/s1. The monoisotopic (exact) mass is 336 g/mol. The summed E-state index contributed by atoms with van der Waals surface area (Å²) in [5.41, 5.74) is 1.37. The first kappa shape index (κ1) is 16.2. The van der Waals surface area contributed by atoms with Gasteiger partial charge in [0, 0.05) is 30.6 Å². The van der Waals surface area contributed by atoms with E-state index in [0.717, 1.165) is 31.1 Å². The Labute approximate surface area is 141 Å². The third-order valence-electron chi connectivity index (χ3n) is 4.47. The van der Waals surface area contributed by atoms with Crippen molar-refractivity contribution in [1.29, 1.82) is 0 Å². The second kappa shape index (κ2) is 7.75. The molecular formula is C17H24N2OS2. The molecule has 1 amide bonds. The third-order valence-corrected chi connectivity index (χ3v) is 7.46. The van der Waals surface area contributed by atoms with Crippen LogP contribution in [0.1, 0.15) is 18.9 Å². The summed E-state index contributed by atoms with van der Waals surface area (Å²) in [6, 6.07) is 10.9. The summed E-state index contributed by atoms with van der Waals surface area (Å²) in [6.07, 6.45) is 1.18. The molecule has 2 atom stereocenters. The van der Waals surface area contributed by atoms with E-state index in [1.54, 1.807) is 23.5 Å². The maximum Gasteiger partial charge on any atom is 0.243 e. The molecule has 2 saturated heterocycles. The number of likely N-dealkylation sites (tertiary alicyclic amines) is 1. The van der Waals surface area contributed by atoms with Crippen molar-refractivity contribution in [1.82, 2.24) is 10.2 Å². The molecule has 0 saturated carbocycles. The molecular weight excluding hydrogens is 312 g/mol. The fourth-order valence-corrected chi connectivity index (χ4v) is 5.78. The van der Waals surface area contributed by atoms with Crippen LogP contribution in [0.5, 0.6) is 0 Å². The van der Waals surface area contributed by atoms with E-state index in [4.69, 9.17) is 0 Å². The molecule has 5 heteroatoms. The predicted molar refractivity (Wildman–Crippen MR) is 96.1 cm³/mol. The molecule has 1 N–H and O–H groups in total. The minimum atomic E-state index is 0.115. The number of rotatable bonds is 5. The summed E-state index contributed by atoms with van der Waals surface area (Å²) in [7, 11) is 0. The van der Waals surface area contributed by atoms with Crippen molar-refractivity contribution in [2.45, 2.75) is 30.5 Å². The van der Waals surface area contributed by atoms with Crippen LogP contribution in [0.15, 0.2) is 30.3 Å². The van der Waals surface area contributed by atoms with E-state index in [2.05, 4.69) is 47.5 Å². The first-order chi connectivity index (χ1) is 10.7. The van der Waals surface area contributed by atoms with Gasteiger partial charge in [0.05, 0.1) is 0 Å². The van der Waals surface area contributed by atoms with Gasteiger partial charge >= 0.3 is 0 Å². The molecule has 2 fully saturated rings. The molecule has 2 aliphatic rings. The number of carbonyl (C=O) groups excluding carboxylic acids is 1. The van der Waals surface area contributed by atoms with Gasteiger partial charge in [-0.05, 0) is 31.4 Å². The highest BCUT2D eigenvalue weighted by Gasteiger charge is 2.30. The zero-order valence-electron chi connectivity index (χ0n) is 13.0. The molecule has 22 heavy (non-hydrogen) atoms. The summed E-state index contributed by atoms with van der Waals surface area (Å²) >= 11 is 3.56. The fraction of sp³-hybridized carbons (Fsp3) is 0.588. The van der Waals surface area contributed by atoms with E-state index < -0.39 is 0 Å². The van der Waals surface area contributed by atoms with Gasteiger partial charge in [0.15, 0.2) is 0 Å². The van der Waals surface area contributed by atoms with Crippen LogP contribution < -0.4 is 5.32 Å². The Kier molecular flexibility index (Phi) is 5.71. The minimum Gasteiger partial charge on any atom is -0.352 e. The van der Waals surface area contributed by atoms with Gasteiger partial charge in [-0.15, -0.1) is 23.5 Å². The van der Waals surface area contributed by atoms with E-state index in [1.165, 1.54) is 12.0 Å². The molecule has 3 nitrogen and oxygen atoms in total. The molecule has 120 valence electrons. The molecule has 0 radical (unpaired) electrons. The molecule has 2 heterocycles. The molecule has 0 bridgehead atoms. The number of carbonyl (C=O) groups is 1. The highest BCUT2D eigenvalue weighted by atomic mass is 32.2. The molecule has 1 aromatic rings. The molecule has 0 unspecified atom stereocenters. The van der Waals surface area contributed by atoms with Crippen molar-refractivity contribution >= 4 is 29.4 Å². The summed E-state index contributed by atoms with van der Waals surface area (Å²) in [4.78, 5) is 14.7. The van der Waals surface area contributed by atoms with E-state index in [1.807, 2.05) is 0 Å².